The second-order valence-corrected chi connectivity index (χ2v) is 4.87. The number of nitrogens with one attached hydrogen (secondary N) is 1. The second-order valence-electron chi connectivity index (χ2n) is 4.87. The predicted molar refractivity (Wildman–Crippen MR) is 88.4 cm³/mol. The minimum Gasteiger partial charge on any atom is -0.492 e. The number of alkyl halides is 3. The van der Waals surface area contributed by atoms with Crippen molar-refractivity contribution in [1.29, 1.82) is 0 Å². The van der Waals surface area contributed by atoms with Gasteiger partial charge in [-0.2, -0.15) is 0 Å². The van der Waals surface area contributed by atoms with E-state index in [9.17, 15) is 18.0 Å². The number of anilines is 1. The monoisotopic (exact) mass is 351 g/mol. The van der Waals surface area contributed by atoms with Crippen molar-refractivity contribution in [2.24, 2.45) is 0 Å². The Bertz CT molecular complexity index is 740. The molecule has 0 fully saturated rings. The molecule has 0 saturated carbocycles. The lowest BCUT2D eigenvalue weighted by molar-refractivity contribution is -0.274. The van der Waals surface area contributed by atoms with Gasteiger partial charge in [0.05, 0.1) is 12.3 Å². The van der Waals surface area contributed by atoms with E-state index in [2.05, 4.69) is 10.1 Å². The highest BCUT2D eigenvalue weighted by Gasteiger charge is 2.30. The fourth-order valence-electron chi connectivity index (χ4n) is 1.98. The molecule has 0 atom stereocenters. The minimum atomic E-state index is -4.73. The van der Waals surface area contributed by atoms with Gasteiger partial charge in [0, 0.05) is 6.08 Å². The zero-order chi connectivity index (χ0) is 18.3. The Morgan fingerprint density at radius 3 is 2.44 bits per heavy atom. The van der Waals surface area contributed by atoms with Crippen molar-refractivity contribution in [3.05, 3.63) is 60.2 Å². The zero-order valence-corrected chi connectivity index (χ0v) is 13.3. The number of benzene rings is 2. The molecule has 7 heteroatoms. The van der Waals surface area contributed by atoms with Gasteiger partial charge in [0.2, 0.25) is 5.91 Å². The molecule has 132 valence electrons. The van der Waals surface area contributed by atoms with E-state index in [1.165, 1.54) is 36.4 Å². The van der Waals surface area contributed by atoms with Gasteiger partial charge in [-0.05, 0) is 42.8 Å². The van der Waals surface area contributed by atoms with Crippen molar-refractivity contribution < 1.29 is 27.4 Å². The average molecular weight is 351 g/mol. The van der Waals surface area contributed by atoms with E-state index in [0.717, 1.165) is 0 Å². The summed E-state index contributed by atoms with van der Waals surface area (Å²) < 4.78 is 45.5. The molecule has 0 bridgehead atoms. The molecule has 0 aromatic heterocycles. The number of rotatable bonds is 6. The maximum atomic E-state index is 12.1. The summed E-state index contributed by atoms with van der Waals surface area (Å²) in [7, 11) is 0. The Kier molecular flexibility index (Phi) is 6.05. The Morgan fingerprint density at radius 1 is 1.12 bits per heavy atom. The van der Waals surface area contributed by atoms with Gasteiger partial charge in [0.1, 0.15) is 11.5 Å². The van der Waals surface area contributed by atoms with Crippen molar-refractivity contribution in [2.75, 3.05) is 11.9 Å². The molecule has 0 unspecified atom stereocenters. The van der Waals surface area contributed by atoms with Crippen LogP contribution in [0.2, 0.25) is 0 Å². The van der Waals surface area contributed by atoms with E-state index in [-0.39, 0.29) is 11.7 Å². The summed E-state index contributed by atoms with van der Waals surface area (Å²) in [4.78, 5) is 12.0. The molecule has 2 rings (SSSR count). The van der Waals surface area contributed by atoms with Crippen LogP contribution < -0.4 is 14.8 Å². The maximum Gasteiger partial charge on any atom is 0.573 e. The summed E-state index contributed by atoms with van der Waals surface area (Å²) in [6.07, 6.45) is -1.97. The first kappa shape index (κ1) is 18.4. The summed E-state index contributed by atoms with van der Waals surface area (Å²) in [5.41, 5.74) is 1.09. The molecule has 4 nitrogen and oxygen atoms in total. The Morgan fingerprint density at radius 2 is 1.80 bits per heavy atom. The van der Waals surface area contributed by atoms with Crippen molar-refractivity contribution in [1.82, 2.24) is 0 Å². The average Bonchev–Trinajstić information content (AvgIpc) is 2.55. The molecule has 0 spiro atoms. The Balaban J connectivity index is 1.98. The van der Waals surface area contributed by atoms with Crippen LogP contribution in [0.15, 0.2) is 54.6 Å². The lowest BCUT2D eigenvalue weighted by Crippen LogP contribution is -2.16. The molecule has 2 aromatic rings. The first-order valence-corrected chi connectivity index (χ1v) is 7.44. The molecule has 25 heavy (non-hydrogen) atoms. The fraction of sp³-hybridized carbons (Fsp3) is 0.167. The van der Waals surface area contributed by atoms with E-state index in [0.29, 0.717) is 23.6 Å². The molecule has 2 aromatic carbocycles. The number of hydrogen-bond donors (Lipinski definition) is 1. The molecular formula is C18H16F3NO3. The smallest absolute Gasteiger partial charge is 0.492 e. The van der Waals surface area contributed by atoms with Crippen LogP contribution in [0.25, 0.3) is 6.08 Å². The van der Waals surface area contributed by atoms with Crippen LogP contribution in [0.3, 0.4) is 0 Å². The van der Waals surface area contributed by atoms with Gasteiger partial charge in [-0.3, -0.25) is 4.79 Å². The standard InChI is InChI=1S/C18H16F3NO3/c1-2-24-16-6-4-3-5-15(16)22-17(23)12-9-13-7-10-14(11-8-13)25-18(19,20)21/h3-12H,2H2,1H3,(H,22,23)/b12-9+. The Labute approximate surface area is 142 Å². The van der Waals surface area contributed by atoms with Gasteiger partial charge >= 0.3 is 6.36 Å². The lowest BCUT2D eigenvalue weighted by atomic mass is 10.2. The number of ether oxygens (including phenoxy) is 2. The number of para-hydroxylation sites is 2. The molecule has 1 amide bonds. The normalized spacial score (nSPS) is 11.4. The number of carbonyl (C=O) groups excluding carboxylic acids is 1. The van der Waals surface area contributed by atoms with Crippen molar-refractivity contribution >= 4 is 17.7 Å². The van der Waals surface area contributed by atoms with Crippen molar-refractivity contribution in [3.63, 3.8) is 0 Å². The van der Waals surface area contributed by atoms with Gasteiger partial charge in [-0.25, -0.2) is 0 Å². The van der Waals surface area contributed by atoms with E-state index >= 15 is 0 Å². The van der Waals surface area contributed by atoms with Gasteiger partial charge in [-0.1, -0.05) is 24.3 Å². The van der Waals surface area contributed by atoms with E-state index in [1.54, 1.807) is 24.3 Å². The van der Waals surface area contributed by atoms with Gasteiger partial charge < -0.3 is 14.8 Å². The number of hydrogen-bond acceptors (Lipinski definition) is 3. The predicted octanol–water partition coefficient (Wildman–Crippen LogP) is 4.64. The van der Waals surface area contributed by atoms with Crippen LogP contribution in [0.5, 0.6) is 11.5 Å². The largest absolute Gasteiger partial charge is 0.573 e. The van der Waals surface area contributed by atoms with Crippen LogP contribution in [0.1, 0.15) is 12.5 Å². The summed E-state index contributed by atoms with van der Waals surface area (Å²) in [6.45, 7) is 2.31. The molecule has 1 N–H and O–H groups in total. The van der Waals surface area contributed by atoms with E-state index < -0.39 is 6.36 Å². The number of amides is 1. The molecule has 0 aliphatic heterocycles. The first-order valence-electron chi connectivity index (χ1n) is 7.44. The third-order valence-corrected chi connectivity index (χ3v) is 2.99. The number of halogens is 3. The maximum absolute atomic E-state index is 12.1. The Hall–Kier alpha value is -2.96. The highest BCUT2D eigenvalue weighted by Crippen LogP contribution is 2.24. The van der Waals surface area contributed by atoms with Crippen LogP contribution in [0.4, 0.5) is 18.9 Å². The van der Waals surface area contributed by atoms with E-state index in [4.69, 9.17) is 4.74 Å². The summed E-state index contributed by atoms with van der Waals surface area (Å²) in [5, 5.41) is 2.68. The van der Waals surface area contributed by atoms with Crippen molar-refractivity contribution in [2.45, 2.75) is 13.3 Å². The van der Waals surface area contributed by atoms with Crippen molar-refractivity contribution in [3.8, 4) is 11.5 Å². The van der Waals surface area contributed by atoms with E-state index in [1.807, 2.05) is 6.92 Å². The first-order chi connectivity index (χ1) is 11.9. The highest BCUT2D eigenvalue weighted by atomic mass is 19.4. The lowest BCUT2D eigenvalue weighted by Gasteiger charge is -2.10. The van der Waals surface area contributed by atoms with Gasteiger partial charge in [0.15, 0.2) is 0 Å². The summed E-state index contributed by atoms with van der Waals surface area (Å²) in [6, 6.07) is 12.2. The quantitative estimate of drug-likeness (QED) is 0.772. The van der Waals surface area contributed by atoms with Gasteiger partial charge in [-0.15, -0.1) is 13.2 Å². The van der Waals surface area contributed by atoms with Crippen LogP contribution in [0, 0.1) is 0 Å². The molecule has 0 heterocycles. The topological polar surface area (TPSA) is 47.6 Å². The van der Waals surface area contributed by atoms with Crippen LogP contribution in [-0.4, -0.2) is 18.9 Å². The third-order valence-electron chi connectivity index (χ3n) is 2.99. The van der Waals surface area contributed by atoms with Crippen LogP contribution in [-0.2, 0) is 4.79 Å². The fourth-order valence-corrected chi connectivity index (χ4v) is 1.98. The van der Waals surface area contributed by atoms with Gasteiger partial charge in [0.25, 0.3) is 0 Å². The highest BCUT2D eigenvalue weighted by molar-refractivity contribution is 6.02. The second kappa shape index (κ2) is 8.23. The minimum absolute atomic E-state index is 0.320. The SMILES string of the molecule is CCOc1ccccc1NC(=O)/C=C/c1ccc(OC(F)(F)F)cc1. The molecule has 0 aliphatic carbocycles. The molecule has 0 saturated heterocycles. The summed E-state index contributed by atoms with van der Waals surface area (Å²) >= 11 is 0. The third kappa shape index (κ3) is 6.21. The van der Waals surface area contributed by atoms with Crippen LogP contribution >= 0.6 is 0 Å². The molecule has 0 radical (unpaired) electrons. The summed E-state index contributed by atoms with van der Waals surface area (Å²) in [5.74, 6) is -0.150. The molecular weight excluding hydrogens is 335 g/mol. The molecule has 0 aliphatic rings. The zero-order valence-electron chi connectivity index (χ0n) is 13.3. The number of carbonyl (C=O) groups is 1.